The molecule has 0 radical (unpaired) electrons. The molecule has 2 rings (SSSR count). The van der Waals surface area contributed by atoms with Crippen molar-refractivity contribution in [1.29, 1.82) is 0 Å². The highest BCUT2D eigenvalue weighted by molar-refractivity contribution is 6.30. The minimum absolute atomic E-state index is 0.462. The summed E-state index contributed by atoms with van der Waals surface area (Å²) in [6.45, 7) is 0. The minimum Gasteiger partial charge on any atom is -0.467 e. The molecule has 2 aromatic rings. The molecule has 122 valence electrons. The first-order valence-corrected chi connectivity index (χ1v) is 7.64. The average molecular weight is 334 g/mol. The molecule has 5 heteroatoms. The fourth-order valence-electron chi connectivity index (χ4n) is 2.44. The number of ether oxygens (including phenoxy) is 2. The Bertz CT molecular complexity index is 658. The first-order valence-electron chi connectivity index (χ1n) is 7.26. The van der Waals surface area contributed by atoms with Gasteiger partial charge in [-0.3, -0.25) is 0 Å². The maximum Gasteiger partial charge on any atom is 0.336 e. The second-order valence-electron chi connectivity index (χ2n) is 5.25. The van der Waals surface area contributed by atoms with E-state index in [1.807, 2.05) is 48.5 Å². The molecule has 0 fully saturated rings. The molecule has 0 aliphatic heterocycles. The molecule has 0 aromatic heterocycles. The van der Waals surface area contributed by atoms with Crippen LogP contribution in [-0.4, -0.2) is 32.3 Å². The molecule has 23 heavy (non-hydrogen) atoms. The zero-order valence-electron chi connectivity index (χ0n) is 13.2. The van der Waals surface area contributed by atoms with Gasteiger partial charge in [0.05, 0.1) is 7.11 Å². The zero-order chi connectivity index (χ0) is 16.8. The average Bonchev–Trinajstić information content (AvgIpc) is 2.56. The Morgan fingerprint density at radius 2 is 1.83 bits per heavy atom. The Balaban J connectivity index is 2.09. The smallest absolute Gasteiger partial charge is 0.336 e. The molecule has 0 unspecified atom stereocenters. The third kappa shape index (κ3) is 4.55. The summed E-state index contributed by atoms with van der Waals surface area (Å²) in [7, 11) is 2.77. The zero-order valence-corrected chi connectivity index (χ0v) is 13.9. The monoisotopic (exact) mass is 333 g/mol. The standard InChI is InChI=1S/C18H20ClNO3/c1-22-17(18(21)23-2)16(20)10-12-6-8-13(9-7-12)14-4-3-5-15(19)11-14/h3-9,11,16-17H,10,20H2,1-2H3/t16-,17-/m1/s1. The van der Waals surface area contributed by atoms with Crippen LogP contribution in [0.3, 0.4) is 0 Å². The van der Waals surface area contributed by atoms with Gasteiger partial charge in [0.15, 0.2) is 6.10 Å². The quantitative estimate of drug-likeness (QED) is 0.825. The maximum absolute atomic E-state index is 11.6. The van der Waals surface area contributed by atoms with Crippen LogP contribution in [0.1, 0.15) is 5.56 Å². The van der Waals surface area contributed by atoms with Crippen LogP contribution in [0.15, 0.2) is 48.5 Å². The van der Waals surface area contributed by atoms with Crippen molar-refractivity contribution in [1.82, 2.24) is 0 Å². The van der Waals surface area contributed by atoms with Gasteiger partial charge in [-0.05, 0) is 35.2 Å². The topological polar surface area (TPSA) is 61.5 Å². The number of hydrogen-bond donors (Lipinski definition) is 1. The van der Waals surface area contributed by atoms with Gasteiger partial charge in [-0.15, -0.1) is 0 Å². The first kappa shape index (κ1) is 17.5. The Kier molecular flexibility index (Phi) is 6.16. The molecule has 0 aliphatic rings. The van der Waals surface area contributed by atoms with E-state index in [1.165, 1.54) is 14.2 Å². The minimum atomic E-state index is -0.771. The van der Waals surface area contributed by atoms with Crippen LogP contribution in [-0.2, 0) is 20.7 Å². The lowest BCUT2D eigenvalue weighted by atomic mass is 9.99. The van der Waals surface area contributed by atoms with Crippen LogP contribution < -0.4 is 5.73 Å². The Hall–Kier alpha value is -1.88. The van der Waals surface area contributed by atoms with E-state index >= 15 is 0 Å². The van der Waals surface area contributed by atoms with E-state index in [9.17, 15) is 4.79 Å². The fraction of sp³-hybridized carbons (Fsp3) is 0.278. The second kappa shape index (κ2) is 8.11. The predicted molar refractivity (Wildman–Crippen MR) is 91.4 cm³/mol. The van der Waals surface area contributed by atoms with Gasteiger partial charge in [0.25, 0.3) is 0 Å². The third-order valence-electron chi connectivity index (χ3n) is 3.66. The van der Waals surface area contributed by atoms with Crippen molar-refractivity contribution in [2.24, 2.45) is 5.73 Å². The fourth-order valence-corrected chi connectivity index (χ4v) is 2.63. The van der Waals surface area contributed by atoms with Gasteiger partial charge in [-0.2, -0.15) is 0 Å². The lowest BCUT2D eigenvalue weighted by Crippen LogP contribution is -2.44. The van der Waals surface area contributed by atoms with Crippen LogP contribution in [0, 0.1) is 0 Å². The Labute approximate surface area is 141 Å². The molecule has 2 aromatic carbocycles. The number of carbonyl (C=O) groups is 1. The molecule has 0 bridgehead atoms. The molecule has 0 heterocycles. The molecule has 0 amide bonds. The SMILES string of the molecule is COC(=O)[C@H](OC)[C@H](N)Cc1ccc(-c2cccc(Cl)c2)cc1. The van der Waals surface area contributed by atoms with Crippen LogP contribution in [0.2, 0.25) is 5.02 Å². The number of benzene rings is 2. The highest BCUT2D eigenvalue weighted by Crippen LogP contribution is 2.23. The van der Waals surface area contributed by atoms with E-state index in [1.54, 1.807) is 0 Å². The summed E-state index contributed by atoms with van der Waals surface area (Å²) in [5.74, 6) is -0.462. The van der Waals surface area contributed by atoms with Crippen molar-refractivity contribution in [3.8, 4) is 11.1 Å². The van der Waals surface area contributed by atoms with Crippen molar-refractivity contribution in [2.75, 3.05) is 14.2 Å². The second-order valence-corrected chi connectivity index (χ2v) is 5.69. The van der Waals surface area contributed by atoms with Crippen LogP contribution >= 0.6 is 11.6 Å². The van der Waals surface area contributed by atoms with Gasteiger partial charge in [-0.1, -0.05) is 48.0 Å². The number of carbonyl (C=O) groups excluding carboxylic acids is 1. The highest BCUT2D eigenvalue weighted by Gasteiger charge is 2.26. The number of halogens is 1. The first-order chi connectivity index (χ1) is 11.0. The van der Waals surface area contributed by atoms with Gasteiger partial charge in [0, 0.05) is 18.2 Å². The lowest BCUT2D eigenvalue weighted by molar-refractivity contribution is -0.153. The molecule has 2 N–H and O–H groups in total. The number of rotatable bonds is 6. The molecule has 0 saturated heterocycles. The summed E-state index contributed by atoms with van der Waals surface area (Å²) >= 11 is 6.01. The van der Waals surface area contributed by atoms with Crippen molar-refractivity contribution in [3.05, 3.63) is 59.1 Å². The van der Waals surface area contributed by atoms with E-state index in [-0.39, 0.29) is 0 Å². The van der Waals surface area contributed by atoms with Gasteiger partial charge < -0.3 is 15.2 Å². The predicted octanol–water partition coefficient (Wildman–Crippen LogP) is 3.06. The Morgan fingerprint density at radius 1 is 1.13 bits per heavy atom. The summed E-state index contributed by atoms with van der Waals surface area (Å²) in [5.41, 5.74) is 9.21. The molecular weight excluding hydrogens is 314 g/mol. The molecule has 4 nitrogen and oxygen atoms in total. The van der Waals surface area contributed by atoms with E-state index in [2.05, 4.69) is 0 Å². The van der Waals surface area contributed by atoms with Gasteiger partial charge in [0.2, 0.25) is 0 Å². The Morgan fingerprint density at radius 3 is 2.39 bits per heavy atom. The number of hydrogen-bond acceptors (Lipinski definition) is 4. The summed E-state index contributed by atoms with van der Waals surface area (Å²) in [6.07, 6.45) is -0.253. The molecule has 0 spiro atoms. The summed E-state index contributed by atoms with van der Waals surface area (Å²) in [4.78, 5) is 11.6. The normalized spacial score (nSPS) is 13.4. The number of nitrogens with two attached hydrogens (primary N) is 1. The van der Waals surface area contributed by atoms with E-state index in [0.717, 1.165) is 16.7 Å². The number of methoxy groups -OCH3 is 2. The van der Waals surface area contributed by atoms with Gasteiger partial charge >= 0.3 is 5.97 Å². The third-order valence-corrected chi connectivity index (χ3v) is 3.89. The van der Waals surface area contributed by atoms with Crippen LogP contribution in [0.4, 0.5) is 0 Å². The van der Waals surface area contributed by atoms with E-state index in [0.29, 0.717) is 11.4 Å². The van der Waals surface area contributed by atoms with Crippen molar-refractivity contribution in [2.45, 2.75) is 18.6 Å². The molecule has 2 atom stereocenters. The van der Waals surface area contributed by atoms with Gasteiger partial charge in [0.1, 0.15) is 0 Å². The van der Waals surface area contributed by atoms with E-state index < -0.39 is 18.1 Å². The summed E-state index contributed by atoms with van der Waals surface area (Å²) in [5, 5.41) is 0.703. The maximum atomic E-state index is 11.6. The van der Waals surface area contributed by atoms with Crippen molar-refractivity contribution >= 4 is 17.6 Å². The highest BCUT2D eigenvalue weighted by atomic mass is 35.5. The summed E-state index contributed by atoms with van der Waals surface area (Å²) < 4.78 is 9.82. The lowest BCUT2D eigenvalue weighted by Gasteiger charge is -2.20. The van der Waals surface area contributed by atoms with Gasteiger partial charge in [-0.25, -0.2) is 4.79 Å². The summed E-state index contributed by atoms with van der Waals surface area (Å²) in [6, 6.07) is 15.2. The van der Waals surface area contributed by atoms with Crippen molar-refractivity contribution < 1.29 is 14.3 Å². The van der Waals surface area contributed by atoms with E-state index in [4.69, 9.17) is 26.8 Å². The molecular formula is C18H20ClNO3. The molecule has 0 saturated carbocycles. The van der Waals surface area contributed by atoms with Crippen LogP contribution in [0.5, 0.6) is 0 Å². The van der Waals surface area contributed by atoms with Crippen LogP contribution in [0.25, 0.3) is 11.1 Å². The number of esters is 1. The van der Waals surface area contributed by atoms with Crippen molar-refractivity contribution in [3.63, 3.8) is 0 Å². The molecule has 0 aliphatic carbocycles. The largest absolute Gasteiger partial charge is 0.467 e.